The molecule has 29 heavy (non-hydrogen) atoms. The molecule has 0 aliphatic rings. The maximum Gasteiger partial charge on any atom is 0.271 e. The number of anilines is 3. The highest BCUT2D eigenvalue weighted by Gasteiger charge is 2.15. The third-order valence-electron chi connectivity index (χ3n) is 4.41. The van der Waals surface area contributed by atoms with Crippen LogP contribution in [0.15, 0.2) is 62.7 Å². The molecule has 10 heteroatoms. The average molecular weight is 517 g/mol. The minimum absolute atomic E-state index is 0.0714. The first kappa shape index (κ1) is 19.2. The van der Waals surface area contributed by atoms with Crippen LogP contribution in [0.2, 0.25) is 0 Å². The van der Waals surface area contributed by atoms with Crippen molar-refractivity contribution in [3.63, 3.8) is 0 Å². The lowest BCUT2D eigenvalue weighted by molar-refractivity contribution is -0.384. The van der Waals surface area contributed by atoms with Crippen LogP contribution in [0.5, 0.6) is 0 Å². The summed E-state index contributed by atoms with van der Waals surface area (Å²) in [6.45, 7) is 0. The van der Waals surface area contributed by atoms with Crippen LogP contribution >= 0.6 is 31.9 Å². The van der Waals surface area contributed by atoms with E-state index in [-0.39, 0.29) is 11.4 Å². The van der Waals surface area contributed by atoms with Gasteiger partial charge in [-0.15, -0.1) is 4.91 Å². The van der Waals surface area contributed by atoms with E-state index in [0.29, 0.717) is 36.7 Å². The van der Waals surface area contributed by atoms with E-state index in [2.05, 4.69) is 47.3 Å². The van der Waals surface area contributed by atoms with Crippen molar-refractivity contribution in [1.82, 2.24) is 4.98 Å². The predicted molar refractivity (Wildman–Crippen MR) is 121 cm³/mol. The zero-order valence-electron chi connectivity index (χ0n) is 14.5. The number of nitrogen functional groups attached to an aromatic ring is 1. The van der Waals surface area contributed by atoms with Crippen LogP contribution < -0.4 is 11.1 Å². The number of benzene rings is 3. The van der Waals surface area contributed by atoms with Crippen molar-refractivity contribution in [2.45, 2.75) is 0 Å². The molecule has 3 aromatic carbocycles. The fourth-order valence-electron chi connectivity index (χ4n) is 3.03. The Balaban J connectivity index is 2.00. The van der Waals surface area contributed by atoms with Crippen molar-refractivity contribution in [3.05, 3.63) is 72.5 Å². The number of pyridine rings is 1. The Morgan fingerprint density at radius 2 is 1.62 bits per heavy atom. The second kappa shape index (κ2) is 7.37. The number of nitroso groups, excluding NO2 is 1. The molecule has 144 valence electrons. The van der Waals surface area contributed by atoms with Gasteiger partial charge in [0.1, 0.15) is 5.69 Å². The third-order valence-corrected chi connectivity index (χ3v) is 5.72. The molecule has 1 aromatic heterocycles. The van der Waals surface area contributed by atoms with E-state index in [1.807, 2.05) is 12.1 Å². The molecule has 0 unspecified atom stereocenters. The van der Waals surface area contributed by atoms with Crippen molar-refractivity contribution in [2.24, 2.45) is 5.18 Å². The van der Waals surface area contributed by atoms with E-state index >= 15 is 0 Å². The number of nitrogens with zero attached hydrogens (tertiary/aromatic N) is 3. The van der Waals surface area contributed by atoms with Gasteiger partial charge in [0.2, 0.25) is 0 Å². The number of nitro groups is 1. The van der Waals surface area contributed by atoms with Crippen molar-refractivity contribution in [1.29, 1.82) is 0 Å². The number of hydrogen-bond donors (Lipinski definition) is 2. The van der Waals surface area contributed by atoms with Gasteiger partial charge >= 0.3 is 0 Å². The molecule has 0 fully saturated rings. The zero-order valence-corrected chi connectivity index (χ0v) is 17.7. The number of halogens is 2. The second-order valence-corrected chi connectivity index (χ2v) is 7.93. The van der Waals surface area contributed by atoms with Gasteiger partial charge in [-0.25, -0.2) is 4.98 Å². The standard InChI is InChI=1S/C19H11Br2N5O3/c20-14-5-10(6-15(21)18(14)22)23-19-12-3-1-9(25-27)7-16(12)24-17-8-11(26(28)29)2-4-13(17)19/h1-8H,22H2,(H,23,24). The fraction of sp³-hybridized carbons (Fsp3) is 0. The molecule has 4 aromatic rings. The summed E-state index contributed by atoms with van der Waals surface area (Å²) >= 11 is 6.85. The van der Waals surface area contributed by atoms with Crippen molar-refractivity contribution >= 4 is 82.1 Å². The molecular formula is C19H11Br2N5O3. The topological polar surface area (TPSA) is 124 Å². The van der Waals surface area contributed by atoms with Gasteiger partial charge in [-0.1, -0.05) is 0 Å². The van der Waals surface area contributed by atoms with E-state index in [0.717, 1.165) is 11.1 Å². The van der Waals surface area contributed by atoms with Crippen LogP contribution in [-0.2, 0) is 0 Å². The van der Waals surface area contributed by atoms with Gasteiger partial charge in [-0.05, 0) is 73.4 Å². The second-order valence-electron chi connectivity index (χ2n) is 6.22. The Morgan fingerprint density at radius 3 is 2.24 bits per heavy atom. The van der Waals surface area contributed by atoms with Crippen LogP contribution in [0.4, 0.5) is 28.4 Å². The molecule has 0 bridgehead atoms. The molecule has 0 aliphatic heterocycles. The maximum atomic E-state index is 11.2. The lowest BCUT2D eigenvalue weighted by atomic mass is 10.1. The molecule has 0 amide bonds. The molecule has 0 saturated heterocycles. The fourth-order valence-corrected chi connectivity index (χ4v) is 4.22. The third kappa shape index (κ3) is 3.52. The van der Waals surface area contributed by atoms with Gasteiger partial charge < -0.3 is 11.1 Å². The molecule has 3 N–H and O–H groups in total. The highest BCUT2D eigenvalue weighted by molar-refractivity contribution is 9.11. The van der Waals surface area contributed by atoms with Crippen LogP contribution in [0.25, 0.3) is 21.8 Å². The lowest BCUT2D eigenvalue weighted by Crippen LogP contribution is -1.98. The minimum atomic E-state index is -0.476. The number of nitrogens with two attached hydrogens (primary N) is 1. The number of fused-ring (bicyclic) bond motifs is 2. The Kier molecular flexibility index (Phi) is 4.89. The first-order valence-electron chi connectivity index (χ1n) is 8.24. The van der Waals surface area contributed by atoms with Gasteiger partial charge in [-0.3, -0.25) is 10.1 Å². The number of hydrogen-bond acceptors (Lipinski definition) is 7. The highest BCUT2D eigenvalue weighted by Crippen LogP contribution is 2.38. The quantitative estimate of drug-likeness (QED) is 0.104. The Hall–Kier alpha value is -3.11. The van der Waals surface area contributed by atoms with Crippen LogP contribution in [0.3, 0.4) is 0 Å². The van der Waals surface area contributed by atoms with Gasteiger partial charge in [0.25, 0.3) is 5.69 Å². The van der Waals surface area contributed by atoms with Crippen molar-refractivity contribution in [3.8, 4) is 0 Å². The summed E-state index contributed by atoms with van der Waals surface area (Å²) in [5.41, 5.74) is 9.03. The van der Waals surface area contributed by atoms with Gasteiger partial charge in [0.15, 0.2) is 0 Å². The Bertz CT molecular complexity index is 1300. The predicted octanol–water partition coefficient (Wildman–Crippen LogP) is 6.54. The summed E-state index contributed by atoms with van der Waals surface area (Å²) in [6, 6.07) is 13.0. The van der Waals surface area contributed by atoms with Crippen molar-refractivity contribution in [2.75, 3.05) is 11.1 Å². The molecule has 4 rings (SSSR count). The first-order chi connectivity index (χ1) is 13.9. The summed E-state index contributed by atoms with van der Waals surface area (Å²) in [5, 5.41) is 18.9. The van der Waals surface area contributed by atoms with Gasteiger partial charge in [0, 0.05) is 37.5 Å². The van der Waals surface area contributed by atoms with Gasteiger partial charge in [0.05, 0.1) is 27.3 Å². The normalized spacial score (nSPS) is 11.0. The van der Waals surface area contributed by atoms with E-state index in [4.69, 9.17) is 5.73 Å². The van der Waals surface area contributed by atoms with Crippen molar-refractivity contribution < 1.29 is 4.92 Å². The number of nitro benzene ring substituents is 1. The number of non-ortho nitro benzene ring substituents is 1. The molecule has 1 heterocycles. The summed E-state index contributed by atoms with van der Waals surface area (Å²) in [7, 11) is 0. The highest BCUT2D eigenvalue weighted by atomic mass is 79.9. The monoisotopic (exact) mass is 515 g/mol. The van der Waals surface area contributed by atoms with E-state index in [1.165, 1.54) is 12.1 Å². The number of aromatic nitrogens is 1. The molecule has 8 nitrogen and oxygen atoms in total. The van der Waals surface area contributed by atoms with E-state index in [1.54, 1.807) is 24.3 Å². The van der Waals surface area contributed by atoms with Crippen LogP contribution in [0.1, 0.15) is 0 Å². The van der Waals surface area contributed by atoms with Gasteiger partial charge in [-0.2, -0.15) is 0 Å². The molecule has 0 radical (unpaired) electrons. The summed E-state index contributed by atoms with van der Waals surface area (Å²) in [6.07, 6.45) is 0. The SMILES string of the molecule is Nc1c(Br)cc(Nc2c3ccc(N=O)cc3nc3cc([N+](=O)[O-])ccc23)cc1Br. The van der Waals surface area contributed by atoms with E-state index < -0.39 is 4.92 Å². The number of nitrogens with one attached hydrogen (secondary N) is 1. The molecule has 0 spiro atoms. The minimum Gasteiger partial charge on any atom is -0.397 e. The lowest BCUT2D eigenvalue weighted by Gasteiger charge is -2.15. The summed E-state index contributed by atoms with van der Waals surface area (Å²) in [4.78, 5) is 26.1. The molecule has 0 aliphatic carbocycles. The van der Waals surface area contributed by atoms with E-state index in [9.17, 15) is 15.0 Å². The zero-order chi connectivity index (χ0) is 20.7. The summed E-state index contributed by atoms with van der Waals surface area (Å²) < 4.78 is 1.42. The first-order valence-corrected chi connectivity index (χ1v) is 9.83. The largest absolute Gasteiger partial charge is 0.397 e. The molecule has 0 atom stereocenters. The Labute approximate surface area is 180 Å². The smallest absolute Gasteiger partial charge is 0.271 e. The van der Waals surface area contributed by atoms with Crippen LogP contribution in [-0.4, -0.2) is 9.91 Å². The summed E-state index contributed by atoms with van der Waals surface area (Å²) in [5.74, 6) is 0. The van der Waals surface area contributed by atoms with Crippen LogP contribution in [0, 0.1) is 15.0 Å². The average Bonchev–Trinajstić information content (AvgIpc) is 2.70. The molecule has 0 saturated carbocycles. The number of rotatable bonds is 4. The maximum absolute atomic E-state index is 11.2. The Morgan fingerprint density at radius 1 is 1.00 bits per heavy atom. The molecular weight excluding hydrogens is 506 g/mol.